The quantitative estimate of drug-likeness (QED) is 0.351. The lowest BCUT2D eigenvalue weighted by atomic mass is 10.0. The standard InChI is InChI=1S/C30H36N2O4/c1-4-5-18-31-30(34)26(19-23-12-8-6-9-13-23)32(22-24-14-10-7-11-15-24)29(33)21-25-16-17-27(35-2)28(20-25)36-3/h6-17,20,26H,4-5,18-19,21-22H2,1-3H3,(H,31,34). The maximum atomic E-state index is 13.8. The minimum Gasteiger partial charge on any atom is -0.493 e. The van der Waals surface area contributed by atoms with Gasteiger partial charge in [-0.2, -0.15) is 0 Å². The van der Waals surface area contributed by atoms with E-state index in [0.717, 1.165) is 29.5 Å². The normalized spacial score (nSPS) is 11.4. The Kier molecular flexibility index (Phi) is 10.4. The maximum Gasteiger partial charge on any atom is 0.243 e. The average molecular weight is 489 g/mol. The summed E-state index contributed by atoms with van der Waals surface area (Å²) < 4.78 is 10.8. The minimum absolute atomic E-state index is 0.127. The van der Waals surface area contributed by atoms with E-state index in [1.54, 1.807) is 25.2 Å². The zero-order valence-electron chi connectivity index (χ0n) is 21.4. The zero-order chi connectivity index (χ0) is 25.8. The highest BCUT2D eigenvalue weighted by molar-refractivity contribution is 5.88. The Morgan fingerprint density at radius 3 is 2.08 bits per heavy atom. The summed E-state index contributed by atoms with van der Waals surface area (Å²) in [6, 6.07) is 24.4. The lowest BCUT2D eigenvalue weighted by molar-refractivity contribution is -0.140. The van der Waals surface area contributed by atoms with E-state index in [2.05, 4.69) is 12.2 Å². The van der Waals surface area contributed by atoms with Crippen LogP contribution in [0.1, 0.15) is 36.5 Å². The number of ether oxygens (including phenoxy) is 2. The monoisotopic (exact) mass is 488 g/mol. The molecule has 0 bridgehead atoms. The number of methoxy groups -OCH3 is 2. The molecule has 0 saturated carbocycles. The van der Waals surface area contributed by atoms with E-state index >= 15 is 0 Å². The number of hydrogen-bond acceptors (Lipinski definition) is 4. The first-order valence-electron chi connectivity index (χ1n) is 12.4. The van der Waals surface area contributed by atoms with E-state index < -0.39 is 6.04 Å². The van der Waals surface area contributed by atoms with Gasteiger partial charge in [-0.15, -0.1) is 0 Å². The third-order valence-electron chi connectivity index (χ3n) is 6.10. The molecule has 1 unspecified atom stereocenters. The molecule has 0 heterocycles. The smallest absolute Gasteiger partial charge is 0.243 e. The molecule has 190 valence electrons. The van der Waals surface area contributed by atoms with Crippen LogP contribution in [0.15, 0.2) is 78.9 Å². The molecule has 1 N–H and O–H groups in total. The van der Waals surface area contributed by atoms with Crippen LogP contribution in [0.25, 0.3) is 0 Å². The van der Waals surface area contributed by atoms with Crippen LogP contribution in [0.5, 0.6) is 11.5 Å². The van der Waals surface area contributed by atoms with E-state index in [-0.39, 0.29) is 18.2 Å². The highest BCUT2D eigenvalue weighted by Crippen LogP contribution is 2.28. The second-order valence-corrected chi connectivity index (χ2v) is 8.72. The van der Waals surface area contributed by atoms with Gasteiger partial charge < -0.3 is 19.7 Å². The SMILES string of the molecule is CCCCNC(=O)C(Cc1ccccc1)N(Cc1ccccc1)C(=O)Cc1ccc(OC)c(OC)c1. The van der Waals surface area contributed by atoms with Gasteiger partial charge in [0.1, 0.15) is 6.04 Å². The number of carbonyl (C=O) groups is 2. The van der Waals surface area contributed by atoms with Crippen LogP contribution >= 0.6 is 0 Å². The van der Waals surface area contributed by atoms with Crippen molar-refractivity contribution >= 4 is 11.8 Å². The van der Waals surface area contributed by atoms with Crippen LogP contribution in [0.3, 0.4) is 0 Å². The fourth-order valence-electron chi connectivity index (χ4n) is 4.11. The first-order chi connectivity index (χ1) is 17.5. The molecule has 3 aromatic carbocycles. The van der Waals surface area contributed by atoms with Crippen molar-refractivity contribution in [1.82, 2.24) is 10.2 Å². The van der Waals surface area contributed by atoms with Crippen LogP contribution in [0.2, 0.25) is 0 Å². The third-order valence-corrected chi connectivity index (χ3v) is 6.10. The Balaban J connectivity index is 1.93. The summed E-state index contributed by atoms with van der Waals surface area (Å²) in [6.45, 7) is 3.01. The van der Waals surface area contributed by atoms with Gasteiger partial charge in [0.05, 0.1) is 20.6 Å². The second-order valence-electron chi connectivity index (χ2n) is 8.72. The van der Waals surface area contributed by atoms with Crippen LogP contribution in [-0.4, -0.2) is 43.5 Å². The number of nitrogens with zero attached hydrogens (tertiary/aromatic N) is 1. The molecule has 0 fully saturated rings. The van der Waals surface area contributed by atoms with Gasteiger partial charge in [0, 0.05) is 19.5 Å². The lowest BCUT2D eigenvalue weighted by Gasteiger charge is -2.32. The Morgan fingerprint density at radius 1 is 0.833 bits per heavy atom. The molecule has 1 atom stereocenters. The van der Waals surface area contributed by atoms with E-state index in [0.29, 0.717) is 31.0 Å². The van der Waals surface area contributed by atoms with Crippen LogP contribution < -0.4 is 14.8 Å². The Labute approximate surface area is 214 Å². The number of rotatable bonds is 13. The highest BCUT2D eigenvalue weighted by Gasteiger charge is 2.30. The fourth-order valence-corrected chi connectivity index (χ4v) is 4.11. The second kappa shape index (κ2) is 13.9. The van der Waals surface area contributed by atoms with Gasteiger partial charge in [0.2, 0.25) is 11.8 Å². The molecule has 36 heavy (non-hydrogen) atoms. The fraction of sp³-hybridized carbons (Fsp3) is 0.333. The number of hydrogen-bond donors (Lipinski definition) is 1. The number of benzene rings is 3. The van der Waals surface area contributed by atoms with Gasteiger partial charge in [-0.05, 0) is 35.2 Å². The summed E-state index contributed by atoms with van der Waals surface area (Å²) in [5, 5.41) is 3.05. The van der Waals surface area contributed by atoms with Crippen molar-refractivity contribution in [2.45, 2.75) is 45.2 Å². The van der Waals surface area contributed by atoms with Crippen molar-refractivity contribution in [3.63, 3.8) is 0 Å². The molecule has 6 heteroatoms. The Morgan fingerprint density at radius 2 is 1.47 bits per heavy atom. The summed E-state index contributed by atoms with van der Waals surface area (Å²) in [5.41, 5.74) is 2.77. The molecule has 2 amide bonds. The first-order valence-corrected chi connectivity index (χ1v) is 12.4. The van der Waals surface area contributed by atoms with Crippen molar-refractivity contribution in [3.05, 3.63) is 95.6 Å². The van der Waals surface area contributed by atoms with E-state index in [4.69, 9.17) is 9.47 Å². The van der Waals surface area contributed by atoms with Crippen molar-refractivity contribution in [2.75, 3.05) is 20.8 Å². The van der Waals surface area contributed by atoms with Crippen molar-refractivity contribution in [3.8, 4) is 11.5 Å². The zero-order valence-corrected chi connectivity index (χ0v) is 21.4. The van der Waals surface area contributed by atoms with Crippen molar-refractivity contribution in [2.24, 2.45) is 0 Å². The molecule has 0 aromatic heterocycles. The molecule has 0 saturated heterocycles. The first kappa shape index (κ1) is 26.8. The molecule has 0 radical (unpaired) electrons. The molecule has 0 spiro atoms. The highest BCUT2D eigenvalue weighted by atomic mass is 16.5. The van der Waals surface area contributed by atoms with Crippen LogP contribution in [0.4, 0.5) is 0 Å². The van der Waals surface area contributed by atoms with E-state index in [9.17, 15) is 9.59 Å². The number of amides is 2. The number of nitrogens with one attached hydrogen (secondary N) is 1. The van der Waals surface area contributed by atoms with Gasteiger partial charge in [-0.3, -0.25) is 9.59 Å². The summed E-state index contributed by atoms with van der Waals surface area (Å²) in [7, 11) is 3.15. The molecule has 3 rings (SSSR count). The van der Waals surface area contributed by atoms with E-state index in [1.807, 2.05) is 72.8 Å². The molecule has 0 aliphatic rings. The van der Waals surface area contributed by atoms with Crippen molar-refractivity contribution in [1.29, 1.82) is 0 Å². The minimum atomic E-state index is -0.642. The molecule has 3 aromatic rings. The number of unbranched alkanes of at least 4 members (excludes halogenated alkanes) is 1. The molecular weight excluding hydrogens is 452 g/mol. The third kappa shape index (κ3) is 7.60. The Bertz CT molecular complexity index is 1100. The van der Waals surface area contributed by atoms with Gasteiger partial charge in [-0.1, -0.05) is 80.1 Å². The predicted octanol–water partition coefficient (Wildman–Crippen LogP) is 4.80. The molecule has 0 aliphatic heterocycles. The summed E-state index contributed by atoms with van der Waals surface area (Å²) in [4.78, 5) is 29.0. The summed E-state index contributed by atoms with van der Waals surface area (Å²) in [5.74, 6) is 0.907. The molecule has 0 aliphatic carbocycles. The van der Waals surface area contributed by atoms with Crippen LogP contribution in [0, 0.1) is 0 Å². The maximum absolute atomic E-state index is 13.8. The molecule has 6 nitrogen and oxygen atoms in total. The predicted molar refractivity (Wildman–Crippen MR) is 142 cm³/mol. The average Bonchev–Trinajstić information content (AvgIpc) is 2.91. The lowest BCUT2D eigenvalue weighted by Crippen LogP contribution is -2.51. The van der Waals surface area contributed by atoms with Gasteiger partial charge >= 0.3 is 0 Å². The van der Waals surface area contributed by atoms with Crippen LogP contribution in [-0.2, 0) is 29.0 Å². The summed E-state index contributed by atoms with van der Waals surface area (Å²) >= 11 is 0. The Hall–Kier alpha value is -3.80. The topological polar surface area (TPSA) is 67.9 Å². The molecular formula is C30H36N2O4. The van der Waals surface area contributed by atoms with Gasteiger partial charge in [-0.25, -0.2) is 0 Å². The van der Waals surface area contributed by atoms with Crippen molar-refractivity contribution < 1.29 is 19.1 Å². The van der Waals surface area contributed by atoms with E-state index in [1.165, 1.54) is 0 Å². The van der Waals surface area contributed by atoms with Gasteiger partial charge in [0.15, 0.2) is 11.5 Å². The summed E-state index contributed by atoms with van der Waals surface area (Å²) in [6.07, 6.45) is 2.45. The van der Waals surface area contributed by atoms with Gasteiger partial charge in [0.25, 0.3) is 0 Å². The largest absolute Gasteiger partial charge is 0.493 e. The number of carbonyl (C=O) groups excluding carboxylic acids is 2.